The van der Waals surface area contributed by atoms with E-state index < -0.39 is 10.6 Å². The number of amides is 1. The molecule has 22 heavy (non-hydrogen) atoms. The van der Waals surface area contributed by atoms with Gasteiger partial charge in [0.05, 0.1) is 16.3 Å². The molecule has 3 N–H and O–H groups in total. The van der Waals surface area contributed by atoms with Gasteiger partial charge in [0.1, 0.15) is 5.69 Å². The number of benzene rings is 2. The molecule has 0 atom stereocenters. The van der Waals surface area contributed by atoms with Gasteiger partial charge in [-0.1, -0.05) is 18.2 Å². The van der Waals surface area contributed by atoms with Gasteiger partial charge in [-0.15, -0.1) is 5.11 Å². The molecule has 2 aromatic carbocycles. The van der Waals surface area contributed by atoms with Crippen molar-refractivity contribution >= 4 is 34.3 Å². The summed E-state index contributed by atoms with van der Waals surface area (Å²) in [5.74, 6) is -0.375. The molecule has 0 saturated heterocycles. The van der Waals surface area contributed by atoms with E-state index in [-0.39, 0.29) is 23.0 Å². The van der Waals surface area contributed by atoms with Crippen molar-refractivity contribution in [2.45, 2.75) is 6.92 Å². The molecular formula is C14H13N5O3. The van der Waals surface area contributed by atoms with Crippen LogP contribution in [0.25, 0.3) is 0 Å². The molecule has 0 saturated carbocycles. The maximum Gasteiger partial charge on any atom is 0.321 e. The number of azo groups is 1. The summed E-state index contributed by atoms with van der Waals surface area (Å²) < 4.78 is 0. The molecule has 2 aromatic rings. The predicted molar refractivity (Wildman–Crippen MR) is 82.4 cm³/mol. The van der Waals surface area contributed by atoms with E-state index in [2.05, 4.69) is 15.5 Å². The van der Waals surface area contributed by atoms with Crippen molar-refractivity contribution in [2.75, 3.05) is 11.1 Å². The number of carbonyl (C=O) groups excluding carboxylic acids is 1. The zero-order chi connectivity index (χ0) is 16.1. The first kappa shape index (κ1) is 15.1. The molecule has 0 heterocycles. The molecular weight excluding hydrogens is 286 g/mol. The number of hydrogen-bond donors (Lipinski definition) is 2. The van der Waals surface area contributed by atoms with Gasteiger partial charge in [0.2, 0.25) is 5.91 Å². The van der Waals surface area contributed by atoms with Crippen molar-refractivity contribution in [3.63, 3.8) is 0 Å². The van der Waals surface area contributed by atoms with Crippen LogP contribution in [0.15, 0.2) is 52.7 Å². The van der Waals surface area contributed by atoms with E-state index in [9.17, 15) is 14.9 Å². The average Bonchev–Trinajstić information content (AvgIpc) is 2.48. The Morgan fingerprint density at radius 2 is 1.86 bits per heavy atom. The second-order valence-electron chi connectivity index (χ2n) is 4.37. The number of nitrogens with zero attached hydrogens (tertiary/aromatic N) is 3. The Hall–Kier alpha value is -3.29. The van der Waals surface area contributed by atoms with Crippen LogP contribution in [0.4, 0.5) is 28.4 Å². The van der Waals surface area contributed by atoms with Crippen LogP contribution in [-0.4, -0.2) is 10.8 Å². The fourth-order valence-corrected chi connectivity index (χ4v) is 1.77. The minimum atomic E-state index is -0.653. The first-order valence-corrected chi connectivity index (χ1v) is 6.30. The minimum absolute atomic E-state index is 0.0143. The highest BCUT2D eigenvalue weighted by atomic mass is 16.6. The van der Waals surface area contributed by atoms with Crippen LogP contribution in [0.5, 0.6) is 0 Å². The molecule has 8 heteroatoms. The molecule has 0 aromatic heterocycles. The zero-order valence-electron chi connectivity index (χ0n) is 11.7. The van der Waals surface area contributed by atoms with Gasteiger partial charge in [-0.05, 0) is 24.3 Å². The molecule has 2 rings (SSSR count). The van der Waals surface area contributed by atoms with E-state index >= 15 is 0 Å². The second-order valence-corrected chi connectivity index (χ2v) is 4.37. The largest absolute Gasteiger partial charge is 0.391 e. The van der Waals surface area contributed by atoms with Crippen LogP contribution in [0.1, 0.15) is 6.92 Å². The number of nitro groups is 1. The number of rotatable bonds is 4. The van der Waals surface area contributed by atoms with Gasteiger partial charge >= 0.3 is 5.69 Å². The van der Waals surface area contributed by atoms with Crippen molar-refractivity contribution in [1.29, 1.82) is 0 Å². The van der Waals surface area contributed by atoms with Gasteiger partial charge in [-0.2, -0.15) is 5.11 Å². The smallest absolute Gasteiger partial charge is 0.321 e. The first-order valence-electron chi connectivity index (χ1n) is 6.30. The van der Waals surface area contributed by atoms with E-state index in [0.717, 1.165) is 0 Å². The van der Waals surface area contributed by atoms with Gasteiger partial charge in [0.25, 0.3) is 0 Å². The summed E-state index contributed by atoms with van der Waals surface area (Å²) in [6.45, 7) is 1.29. The highest BCUT2D eigenvalue weighted by molar-refractivity contribution is 5.95. The Morgan fingerprint density at radius 1 is 1.18 bits per heavy atom. The third-order valence-electron chi connectivity index (χ3n) is 2.72. The maximum absolute atomic E-state index is 11.2. The van der Waals surface area contributed by atoms with Gasteiger partial charge in [-0.25, -0.2) is 0 Å². The zero-order valence-corrected chi connectivity index (χ0v) is 11.7. The number of nitrogens with one attached hydrogen (secondary N) is 1. The van der Waals surface area contributed by atoms with Crippen LogP contribution < -0.4 is 11.1 Å². The van der Waals surface area contributed by atoms with Gasteiger partial charge < -0.3 is 11.1 Å². The Labute approximate surface area is 125 Å². The van der Waals surface area contributed by atoms with Gasteiger partial charge in [0, 0.05) is 6.92 Å². The highest BCUT2D eigenvalue weighted by Crippen LogP contribution is 2.39. The summed E-state index contributed by atoms with van der Waals surface area (Å²) in [6, 6.07) is 11.6. The van der Waals surface area contributed by atoms with E-state index in [1.54, 1.807) is 24.3 Å². The Balaban J connectivity index is 2.43. The van der Waals surface area contributed by atoms with Crippen molar-refractivity contribution in [3.05, 3.63) is 52.6 Å². The lowest BCUT2D eigenvalue weighted by atomic mass is 10.2. The lowest BCUT2D eigenvalue weighted by Gasteiger charge is -2.07. The third kappa shape index (κ3) is 3.42. The van der Waals surface area contributed by atoms with Crippen LogP contribution in [0.2, 0.25) is 0 Å². The lowest BCUT2D eigenvalue weighted by Crippen LogP contribution is -2.09. The molecule has 0 radical (unpaired) electrons. The monoisotopic (exact) mass is 299 g/mol. The molecule has 112 valence electrons. The molecule has 0 spiro atoms. The molecule has 0 aliphatic carbocycles. The molecule has 0 bridgehead atoms. The molecule has 0 unspecified atom stereocenters. The fourth-order valence-electron chi connectivity index (χ4n) is 1.77. The normalized spacial score (nSPS) is 10.6. The van der Waals surface area contributed by atoms with E-state index in [1.165, 1.54) is 19.1 Å². The quantitative estimate of drug-likeness (QED) is 0.387. The summed E-state index contributed by atoms with van der Waals surface area (Å²) >= 11 is 0. The first-order chi connectivity index (χ1) is 10.5. The number of nitro benzene ring substituents is 1. The lowest BCUT2D eigenvalue weighted by molar-refractivity contribution is -0.383. The number of hydrogen-bond acceptors (Lipinski definition) is 6. The molecule has 8 nitrogen and oxygen atoms in total. The standard InChI is InChI=1S/C14H13N5O3/c1-9(20)16-11-7-8-12(14(13(11)15)19(21)22)18-17-10-5-3-2-4-6-10/h2-8H,15H2,1H3,(H,16,20). The Bertz CT molecular complexity index is 744. The summed E-state index contributed by atoms with van der Waals surface area (Å²) in [6.07, 6.45) is 0. The number of nitrogen functional groups attached to an aromatic ring is 1. The number of anilines is 2. The number of nitrogens with two attached hydrogens (primary N) is 1. The van der Waals surface area contributed by atoms with Crippen molar-refractivity contribution in [1.82, 2.24) is 0 Å². The summed E-state index contributed by atoms with van der Waals surface area (Å²) in [5.41, 5.74) is 5.92. The molecule has 0 aliphatic rings. The van der Waals surface area contributed by atoms with Crippen LogP contribution in [0, 0.1) is 10.1 Å². The average molecular weight is 299 g/mol. The fraction of sp³-hybridized carbons (Fsp3) is 0.0714. The number of carbonyl (C=O) groups is 1. The molecule has 0 aliphatic heterocycles. The van der Waals surface area contributed by atoms with E-state index in [1.807, 2.05) is 6.07 Å². The summed E-state index contributed by atoms with van der Waals surface area (Å²) in [5, 5.41) is 21.4. The minimum Gasteiger partial charge on any atom is -0.391 e. The summed E-state index contributed by atoms with van der Waals surface area (Å²) in [7, 11) is 0. The maximum atomic E-state index is 11.2. The topological polar surface area (TPSA) is 123 Å². The Kier molecular flexibility index (Phi) is 4.42. The van der Waals surface area contributed by atoms with Crippen molar-refractivity contribution in [3.8, 4) is 0 Å². The third-order valence-corrected chi connectivity index (χ3v) is 2.72. The molecule has 0 fully saturated rings. The van der Waals surface area contributed by atoms with Crippen LogP contribution >= 0.6 is 0 Å². The molecule has 1 amide bonds. The van der Waals surface area contributed by atoms with Crippen LogP contribution in [0.3, 0.4) is 0 Å². The van der Waals surface area contributed by atoms with Gasteiger partial charge in [-0.3, -0.25) is 14.9 Å². The van der Waals surface area contributed by atoms with Crippen LogP contribution in [-0.2, 0) is 4.79 Å². The van der Waals surface area contributed by atoms with Gasteiger partial charge in [0.15, 0.2) is 5.69 Å². The SMILES string of the molecule is CC(=O)Nc1ccc(N=Nc2ccccc2)c([N+](=O)[O-])c1N. The highest BCUT2D eigenvalue weighted by Gasteiger charge is 2.21. The van der Waals surface area contributed by atoms with Crippen molar-refractivity contribution < 1.29 is 9.72 Å². The summed E-state index contributed by atoms with van der Waals surface area (Å²) in [4.78, 5) is 21.6. The van der Waals surface area contributed by atoms with E-state index in [0.29, 0.717) is 5.69 Å². The predicted octanol–water partition coefficient (Wildman–Crippen LogP) is 3.55. The van der Waals surface area contributed by atoms with E-state index in [4.69, 9.17) is 5.73 Å². The van der Waals surface area contributed by atoms with Crippen molar-refractivity contribution in [2.24, 2.45) is 10.2 Å². The second kappa shape index (κ2) is 6.44. The Morgan fingerprint density at radius 3 is 2.45 bits per heavy atom.